The molecule has 5 heteroatoms. The molecule has 0 aromatic carbocycles. The summed E-state index contributed by atoms with van der Waals surface area (Å²) in [5.41, 5.74) is -0.740. The lowest BCUT2D eigenvalue weighted by molar-refractivity contribution is -0.157. The lowest BCUT2D eigenvalue weighted by Gasteiger charge is -2.46. The molecule has 2 aliphatic rings. The van der Waals surface area contributed by atoms with Crippen LogP contribution < -0.4 is 5.32 Å². The number of hydrogen-bond acceptors (Lipinski definition) is 2. The molecule has 0 aromatic rings. The maximum absolute atomic E-state index is 12.8. The molecular formula is C14H23FN2O2. The zero-order valence-corrected chi connectivity index (χ0v) is 11.7. The van der Waals surface area contributed by atoms with E-state index in [1.54, 1.807) is 0 Å². The van der Waals surface area contributed by atoms with Crippen LogP contribution >= 0.6 is 0 Å². The minimum Gasteiger partial charge on any atom is -0.340 e. The molecule has 0 bridgehead atoms. The Hall–Kier alpha value is -1.13. The Labute approximate surface area is 113 Å². The van der Waals surface area contributed by atoms with Gasteiger partial charge in [-0.1, -0.05) is 33.1 Å². The van der Waals surface area contributed by atoms with Gasteiger partial charge in [0, 0.05) is 6.54 Å². The molecule has 0 aromatic heterocycles. The topological polar surface area (TPSA) is 49.4 Å². The number of hydrogen-bond donors (Lipinski definition) is 1. The minimum absolute atomic E-state index is 0.0308. The highest BCUT2D eigenvalue weighted by atomic mass is 19.1. The highest BCUT2D eigenvalue weighted by Crippen LogP contribution is 2.36. The van der Waals surface area contributed by atoms with Crippen LogP contribution in [0.2, 0.25) is 0 Å². The van der Waals surface area contributed by atoms with Crippen molar-refractivity contribution < 1.29 is 14.0 Å². The largest absolute Gasteiger partial charge is 0.340 e. The number of nitrogens with one attached hydrogen (secondary N) is 1. The second-order valence-electron chi connectivity index (χ2n) is 5.80. The maximum Gasteiger partial charge on any atom is 0.249 e. The number of alkyl halides is 1. The van der Waals surface area contributed by atoms with E-state index in [9.17, 15) is 14.0 Å². The Kier molecular flexibility index (Phi) is 4.11. The standard InChI is InChI=1S/C14H23FN2O2/c1-3-10(2)11-12(18)16-14(6-4-5-7-14)13(19)17(11)9-8-15/h10-11H,3-9H2,1-2H3,(H,16,18). The number of carbonyl (C=O) groups excluding carboxylic acids is 2. The summed E-state index contributed by atoms with van der Waals surface area (Å²) < 4.78 is 12.8. The van der Waals surface area contributed by atoms with E-state index in [0.29, 0.717) is 12.8 Å². The highest BCUT2D eigenvalue weighted by Gasteiger charge is 2.52. The van der Waals surface area contributed by atoms with Crippen LogP contribution in [0.1, 0.15) is 46.0 Å². The predicted molar refractivity (Wildman–Crippen MR) is 70.3 cm³/mol. The molecule has 1 N–H and O–H groups in total. The second-order valence-corrected chi connectivity index (χ2v) is 5.80. The van der Waals surface area contributed by atoms with Gasteiger partial charge in [-0.15, -0.1) is 0 Å². The fourth-order valence-corrected chi connectivity index (χ4v) is 3.34. The molecule has 1 spiro atoms. The molecule has 19 heavy (non-hydrogen) atoms. The first kappa shape index (κ1) is 14.3. The van der Waals surface area contributed by atoms with Crippen LogP contribution in [-0.4, -0.2) is 41.5 Å². The average molecular weight is 270 g/mol. The Morgan fingerprint density at radius 3 is 2.58 bits per heavy atom. The Morgan fingerprint density at radius 1 is 1.42 bits per heavy atom. The predicted octanol–water partition coefficient (Wildman–Crippen LogP) is 1.64. The number of rotatable bonds is 4. The quantitative estimate of drug-likeness (QED) is 0.844. The van der Waals surface area contributed by atoms with Gasteiger partial charge in [0.2, 0.25) is 11.8 Å². The fourth-order valence-electron chi connectivity index (χ4n) is 3.34. The van der Waals surface area contributed by atoms with Crippen LogP contribution in [-0.2, 0) is 9.59 Å². The van der Waals surface area contributed by atoms with Crippen LogP contribution in [0.3, 0.4) is 0 Å². The molecule has 1 heterocycles. The van der Waals surface area contributed by atoms with Gasteiger partial charge in [-0.3, -0.25) is 9.59 Å². The van der Waals surface area contributed by atoms with Crippen molar-refractivity contribution in [2.45, 2.75) is 57.5 Å². The van der Waals surface area contributed by atoms with Crippen LogP contribution in [0.4, 0.5) is 4.39 Å². The highest BCUT2D eigenvalue weighted by molar-refractivity contribution is 6.00. The molecule has 2 unspecified atom stereocenters. The van der Waals surface area contributed by atoms with Crippen molar-refractivity contribution in [2.24, 2.45) is 5.92 Å². The molecule has 4 nitrogen and oxygen atoms in total. The molecule has 2 fully saturated rings. The number of halogens is 1. The van der Waals surface area contributed by atoms with Gasteiger partial charge >= 0.3 is 0 Å². The minimum atomic E-state index is -0.740. The zero-order chi connectivity index (χ0) is 14.0. The lowest BCUT2D eigenvalue weighted by atomic mass is 9.86. The first-order valence-electron chi connectivity index (χ1n) is 7.25. The van der Waals surface area contributed by atoms with Gasteiger partial charge in [0.25, 0.3) is 0 Å². The number of carbonyl (C=O) groups is 2. The van der Waals surface area contributed by atoms with Gasteiger partial charge in [-0.2, -0.15) is 0 Å². The fraction of sp³-hybridized carbons (Fsp3) is 0.857. The lowest BCUT2D eigenvalue weighted by Crippen LogP contribution is -2.70. The Bertz CT molecular complexity index is 366. The number of piperazine rings is 1. The SMILES string of the molecule is CCC(C)C1C(=O)NC2(CCCC2)C(=O)N1CCF. The van der Waals surface area contributed by atoms with Gasteiger partial charge in [0.1, 0.15) is 18.3 Å². The molecule has 0 radical (unpaired) electrons. The van der Waals surface area contributed by atoms with Crippen LogP contribution in [0.5, 0.6) is 0 Å². The van der Waals surface area contributed by atoms with E-state index in [1.165, 1.54) is 4.90 Å². The second kappa shape index (κ2) is 5.47. The summed E-state index contributed by atoms with van der Waals surface area (Å²) >= 11 is 0. The van der Waals surface area contributed by atoms with Crippen molar-refractivity contribution in [1.29, 1.82) is 0 Å². The molecule has 2 rings (SSSR count). The van der Waals surface area contributed by atoms with Gasteiger partial charge in [-0.05, 0) is 18.8 Å². The van der Waals surface area contributed by atoms with Crippen LogP contribution in [0, 0.1) is 5.92 Å². The summed E-state index contributed by atoms with van der Waals surface area (Å²) in [4.78, 5) is 26.5. The first-order valence-corrected chi connectivity index (χ1v) is 7.25. The van der Waals surface area contributed by atoms with Crippen molar-refractivity contribution in [3.63, 3.8) is 0 Å². The van der Waals surface area contributed by atoms with Crippen molar-refractivity contribution in [3.05, 3.63) is 0 Å². The molecule has 1 aliphatic heterocycles. The van der Waals surface area contributed by atoms with E-state index in [1.807, 2.05) is 13.8 Å². The monoisotopic (exact) mass is 270 g/mol. The summed E-state index contributed by atoms with van der Waals surface area (Å²) in [6.07, 6.45) is 4.06. The Morgan fingerprint density at radius 2 is 2.05 bits per heavy atom. The molecule has 1 saturated carbocycles. The molecule has 2 amide bonds. The van der Waals surface area contributed by atoms with E-state index in [-0.39, 0.29) is 24.3 Å². The summed E-state index contributed by atoms with van der Waals surface area (Å²) in [6, 6.07) is -0.514. The third-order valence-corrected chi connectivity index (χ3v) is 4.60. The van der Waals surface area contributed by atoms with Crippen molar-refractivity contribution >= 4 is 11.8 Å². The van der Waals surface area contributed by atoms with Gasteiger partial charge in [-0.25, -0.2) is 4.39 Å². The van der Waals surface area contributed by atoms with E-state index >= 15 is 0 Å². The zero-order valence-electron chi connectivity index (χ0n) is 11.7. The van der Waals surface area contributed by atoms with E-state index in [2.05, 4.69) is 5.32 Å². The maximum atomic E-state index is 12.8. The molecule has 1 saturated heterocycles. The molecule has 1 aliphatic carbocycles. The summed E-state index contributed by atoms with van der Waals surface area (Å²) in [6.45, 7) is 3.36. The third-order valence-electron chi connectivity index (χ3n) is 4.60. The van der Waals surface area contributed by atoms with Gasteiger partial charge in [0.15, 0.2) is 0 Å². The molecular weight excluding hydrogens is 247 g/mol. The van der Waals surface area contributed by atoms with Crippen LogP contribution in [0.25, 0.3) is 0 Å². The van der Waals surface area contributed by atoms with Gasteiger partial charge < -0.3 is 10.2 Å². The summed E-state index contributed by atoms with van der Waals surface area (Å²) in [7, 11) is 0. The number of amides is 2. The normalized spacial score (nSPS) is 27.7. The van der Waals surface area contributed by atoms with Crippen molar-refractivity contribution in [3.8, 4) is 0 Å². The third kappa shape index (κ3) is 2.35. The first-order chi connectivity index (χ1) is 9.05. The molecule has 108 valence electrons. The van der Waals surface area contributed by atoms with Crippen LogP contribution in [0.15, 0.2) is 0 Å². The van der Waals surface area contributed by atoms with Crippen molar-refractivity contribution in [2.75, 3.05) is 13.2 Å². The van der Waals surface area contributed by atoms with E-state index in [4.69, 9.17) is 0 Å². The van der Waals surface area contributed by atoms with E-state index < -0.39 is 18.3 Å². The number of nitrogens with zero attached hydrogens (tertiary/aromatic N) is 1. The molecule has 2 atom stereocenters. The Balaban J connectivity index is 2.28. The summed E-state index contributed by atoms with van der Waals surface area (Å²) in [5.74, 6) is -0.133. The van der Waals surface area contributed by atoms with Crippen molar-refractivity contribution in [1.82, 2.24) is 10.2 Å². The smallest absolute Gasteiger partial charge is 0.249 e. The summed E-state index contributed by atoms with van der Waals surface area (Å²) in [5, 5.41) is 2.94. The average Bonchev–Trinajstić information content (AvgIpc) is 2.85. The van der Waals surface area contributed by atoms with Gasteiger partial charge in [0.05, 0.1) is 0 Å². The van der Waals surface area contributed by atoms with E-state index in [0.717, 1.165) is 19.3 Å².